The second kappa shape index (κ2) is 8.00. The van der Waals surface area contributed by atoms with Crippen molar-refractivity contribution in [1.82, 2.24) is 0 Å². The summed E-state index contributed by atoms with van der Waals surface area (Å²) in [5.74, 6) is 0.579. The van der Waals surface area contributed by atoms with E-state index in [0.717, 1.165) is 22.9 Å². The van der Waals surface area contributed by atoms with E-state index in [9.17, 15) is 4.79 Å². The van der Waals surface area contributed by atoms with Crippen LogP contribution < -0.4 is 11.4 Å². The summed E-state index contributed by atoms with van der Waals surface area (Å²) in [6, 6.07) is 7.47. The van der Waals surface area contributed by atoms with Gasteiger partial charge in [0.25, 0.3) is 0 Å². The minimum Gasteiger partial charge on any atom is -0.423 e. The standard InChI is InChI=1S/C16H20N2O3S/c1-3-11-4-5-13-12(9-15(19)21-14(13)8-11)10-22-16(17)18-6-7-20-2/h4-5,8-9H,3,6-7,10H2,1-2H3,(H2,17,18). The Morgan fingerprint density at radius 2 is 2.23 bits per heavy atom. The lowest BCUT2D eigenvalue weighted by Gasteiger charge is -2.06. The minimum atomic E-state index is -0.341. The molecule has 0 aliphatic rings. The van der Waals surface area contributed by atoms with Gasteiger partial charge in [-0.25, -0.2) is 4.79 Å². The lowest BCUT2D eigenvalue weighted by Crippen LogP contribution is -2.10. The highest BCUT2D eigenvalue weighted by Crippen LogP contribution is 2.22. The molecule has 0 saturated heterocycles. The van der Waals surface area contributed by atoms with E-state index >= 15 is 0 Å². The Morgan fingerprint density at radius 3 is 2.95 bits per heavy atom. The van der Waals surface area contributed by atoms with E-state index in [4.69, 9.17) is 14.9 Å². The van der Waals surface area contributed by atoms with Crippen molar-refractivity contribution in [3.63, 3.8) is 0 Å². The van der Waals surface area contributed by atoms with Gasteiger partial charge in [0.05, 0.1) is 13.2 Å². The third-order valence-electron chi connectivity index (χ3n) is 3.24. The second-order valence-electron chi connectivity index (χ2n) is 4.78. The molecule has 22 heavy (non-hydrogen) atoms. The summed E-state index contributed by atoms with van der Waals surface area (Å²) in [6.45, 7) is 3.14. The Morgan fingerprint density at radius 1 is 1.41 bits per heavy atom. The molecule has 0 aliphatic heterocycles. The van der Waals surface area contributed by atoms with E-state index in [1.807, 2.05) is 18.2 Å². The quantitative estimate of drug-likeness (QED) is 0.383. The van der Waals surface area contributed by atoms with Crippen molar-refractivity contribution < 1.29 is 9.15 Å². The summed E-state index contributed by atoms with van der Waals surface area (Å²) in [6.07, 6.45) is 0.901. The van der Waals surface area contributed by atoms with Gasteiger partial charge in [-0.1, -0.05) is 30.8 Å². The fraction of sp³-hybridized carbons (Fsp3) is 0.375. The maximum absolute atomic E-state index is 11.7. The Kier molecular flexibility index (Phi) is 6.03. The molecule has 5 nitrogen and oxygen atoms in total. The predicted octanol–water partition coefficient (Wildman–Crippen LogP) is 2.55. The zero-order valence-electron chi connectivity index (χ0n) is 12.8. The lowest BCUT2D eigenvalue weighted by molar-refractivity contribution is 0.208. The second-order valence-corrected chi connectivity index (χ2v) is 5.77. The number of amidine groups is 1. The Bertz CT molecular complexity index is 725. The number of hydrogen-bond acceptors (Lipinski definition) is 5. The normalized spacial score (nSPS) is 12.0. The molecule has 0 amide bonds. The maximum Gasteiger partial charge on any atom is 0.336 e. The summed E-state index contributed by atoms with van der Waals surface area (Å²) in [5.41, 5.74) is 8.17. The van der Waals surface area contributed by atoms with Crippen molar-refractivity contribution in [3.05, 3.63) is 45.8 Å². The van der Waals surface area contributed by atoms with E-state index in [1.54, 1.807) is 7.11 Å². The number of benzene rings is 1. The van der Waals surface area contributed by atoms with Crippen LogP contribution >= 0.6 is 11.8 Å². The molecule has 0 aliphatic carbocycles. The van der Waals surface area contributed by atoms with E-state index in [1.165, 1.54) is 17.8 Å². The number of rotatable bonds is 6. The van der Waals surface area contributed by atoms with E-state index in [0.29, 0.717) is 29.7 Å². The monoisotopic (exact) mass is 320 g/mol. The van der Waals surface area contributed by atoms with Crippen molar-refractivity contribution in [2.24, 2.45) is 10.7 Å². The van der Waals surface area contributed by atoms with E-state index < -0.39 is 0 Å². The molecule has 2 N–H and O–H groups in total. The van der Waals surface area contributed by atoms with Crippen LogP contribution in [-0.4, -0.2) is 25.4 Å². The van der Waals surface area contributed by atoms with Crippen LogP contribution in [0, 0.1) is 0 Å². The van der Waals surface area contributed by atoms with Crippen LogP contribution in [0.4, 0.5) is 0 Å². The average molecular weight is 320 g/mol. The average Bonchev–Trinajstić information content (AvgIpc) is 2.52. The van der Waals surface area contributed by atoms with Crippen LogP contribution in [0.3, 0.4) is 0 Å². The lowest BCUT2D eigenvalue weighted by atomic mass is 10.1. The molecular formula is C16H20N2O3S. The number of thioether (sulfide) groups is 1. The van der Waals surface area contributed by atoms with Crippen molar-refractivity contribution in [3.8, 4) is 0 Å². The van der Waals surface area contributed by atoms with Gasteiger partial charge >= 0.3 is 5.63 Å². The summed E-state index contributed by atoms with van der Waals surface area (Å²) in [4.78, 5) is 15.9. The van der Waals surface area contributed by atoms with Gasteiger partial charge in [-0.3, -0.25) is 4.99 Å². The number of aliphatic imine (C=N–C) groups is 1. The number of aryl methyl sites for hydroxylation is 1. The minimum absolute atomic E-state index is 0.341. The van der Waals surface area contributed by atoms with Crippen molar-refractivity contribution in [1.29, 1.82) is 0 Å². The number of hydrogen-bond donors (Lipinski definition) is 1. The first kappa shape index (κ1) is 16.6. The van der Waals surface area contributed by atoms with E-state index in [-0.39, 0.29) is 5.63 Å². The zero-order valence-corrected chi connectivity index (χ0v) is 13.6. The van der Waals surface area contributed by atoms with Gasteiger partial charge in [-0.05, 0) is 23.6 Å². The highest BCUT2D eigenvalue weighted by atomic mass is 32.2. The van der Waals surface area contributed by atoms with Crippen LogP contribution in [0.25, 0.3) is 11.0 Å². The SMILES string of the molecule is CCc1ccc2c(CSC(N)=NCCOC)cc(=O)oc2c1. The summed E-state index contributed by atoms with van der Waals surface area (Å²) in [7, 11) is 1.62. The molecule has 118 valence electrons. The fourth-order valence-electron chi connectivity index (χ4n) is 2.06. The molecule has 0 spiro atoms. The summed E-state index contributed by atoms with van der Waals surface area (Å²) < 4.78 is 10.2. The number of ether oxygens (including phenoxy) is 1. The first-order chi connectivity index (χ1) is 10.6. The molecule has 0 fully saturated rings. The molecule has 6 heteroatoms. The zero-order chi connectivity index (χ0) is 15.9. The van der Waals surface area contributed by atoms with Crippen molar-refractivity contribution >= 4 is 27.9 Å². The molecule has 2 aromatic rings. The molecule has 1 aromatic carbocycles. The highest BCUT2D eigenvalue weighted by molar-refractivity contribution is 8.13. The molecule has 0 unspecified atom stereocenters. The topological polar surface area (TPSA) is 77.8 Å². The van der Waals surface area contributed by atoms with E-state index in [2.05, 4.69) is 11.9 Å². The van der Waals surface area contributed by atoms with Gasteiger partial charge < -0.3 is 14.9 Å². The number of fused-ring (bicyclic) bond motifs is 1. The first-order valence-corrected chi connectivity index (χ1v) is 8.10. The third-order valence-corrected chi connectivity index (χ3v) is 4.12. The third kappa shape index (κ3) is 4.35. The molecule has 0 saturated carbocycles. The van der Waals surface area contributed by atoms with Crippen LogP contribution in [0.15, 0.2) is 38.5 Å². The molecule has 2 rings (SSSR count). The molecule has 0 radical (unpaired) electrons. The van der Waals surface area contributed by atoms with Gasteiger partial charge in [-0.15, -0.1) is 0 Å². The fourth-order valence-corrected chi connectivity index (χ4v) is 2.78. The van der Waals surface area contributed by atoms with Crippen LogP contribution in [0.2, 0.25) is 0 Å². The molecule has 0 atom stereocenters. The highest BCUT2D eigenvalue weighted by Gasteiger charge is 2.07. The Balaban J connectivity index is 2.20. The predicted molar refractivity (Wildman–Crippen MR) is 91.5 cm³/mol. The van der Waals surface area contributed by atoms with Crippen molar-refractivity contribution in [2.45, 2.75) is 19.1 Å². The van der Waals surface area contributed by atoms with Crippen LogP contribution in [0.1, 0.15) is 18.1 Å². The largest absolute Gasteiger partial charge is 0.423 e. The van der Waals surface area contributed by atoms with Gasteiger partial charge in [0.1, 0.15) is 5.58 Å². The number of nitrogens with two attached hydrogens (primary N) is 1. The van der Waals surface area contributed by atoms with Crippen LogP contribution in [0.5, 0.6) is 0 Å². The Hall–Kier alpha value is -1.79. The molecular weight excluding hydrogens is 300 g/mol. The van der Waals surface area contributed by atoms with Gasteiger partial charge in [0.2, 0.25) is 0 Å². The van der Waals surface area contributed by atoms with Crippen LogP contribution in [-0.2, 0) is 16.9 Å². The summed E-state index contributed by atoms with van der Waals surface area (Å²) >= 11 is 1.41. The van der Waals surface area contributed by atoms with Crippen molar-refractivity contribution in [2.75, 3.05) is 20.3 Å². The molecule has 1 aromatic heterocycles. The number of nitrogens with zero attached hydrogens (tertiary/aromatic N) is 1. The molecule has 1 heterocycles. The summed E-state index contributed by atoms with van der Waals surface area (Å²) in [5, 5.41) is 1.43. The molecule has 0 bridgehead atoms. The van der Waals surface area contributed by atoms with Gasteiger partial charge in [0, 0.05) is 24.3 Å². The van der Waals surface area contributed by atoms with Gasteiger partial charge in [0.15, 0.2) is 5.17 Å². The number of methoxy groups -OCH3 is 1. The maximum atomic E-state index is 11.7. The van der Waals surface area contributed by atoms with Gasteiger partial charge in [-0.2, -0.15) is 0 Å². The first-order valence-electron chi connectivity index (χ1n) is 7.11. The Labute approximate surface area is 133 Å². The smallest absolute Gasteiger partial charge is 0.336 e.